The van der Waals surface area contributed by atoms with Crippen LogP contribution in [0.25, 0.3) is 0 Å². The Hall–Kier alpha value is -3.51. The average molecular weight is 425 g/mol. The van der Waals surface area contributed by atoms with E-state index >= 15 is 0 Å². The molecule has 0 spiro atoms. The van der Waals surface area contributed by atoms with Gasteiger partial charge in [-0.1, -0.05) is 12.1 Å². The van der Waals surface area contributed by atoms with Crippen LogP contribution in [0.2, 0.25) is 0 Å². The van der Waals surface area contributed by atoms with Gasteiger partial charge in [0, 0.05) is 13.0 Å². The fourth-order valence-electron chi connectivity index (χ4n) is 3.16. The van der Waals surface area contributed by atoms with Gasteiger partial charge in [-0.25, -0.2) is 4.79 Å². The van der Waals surface area contributed by atoms with Crippen LogP contribution in [0.5, 0.6) is 0 Å². The lowest BCUT2D eigenvalue weighted by atomic mass is 10.1. The lowest BCUT2D eigenvalue weighted by Gasteiger charge is -2.13. The summed E-state index contributed by atoms with van der Waals surface area (Å²) in [5, 5.41) is 12.3. The van der Waals surface area contributed by atoms with Crippen molar-refractivity contribution in [3.8, 4) is 6.07 Å². The molecule has 0 fully saturated rings. The molecule has 154 valence electrons. The predicted molar refractivity (Wildman–Crippen MR) is 109 cm³/mol. The van der Waals surface area contributed by atoms with Crippen LogP contribution in [0.1, 0.15) is 61.3 Å². The number of amides is 3. The van der Waals surface area contributed by atoms with E-state index in [-0.39, 0.29) is 59.2 Å². The Morgan fingerprint density at radius 2 is 1.83 bits per heavy atom. The minimum atomic E-state index is -0.539. The van der Waals surface area contributed by atoms with Crippen molar-refractivity contribution in [2.24, 2.45) is 0 Å². The summed E-state index contributed by atoms with van der Waals surface area (Å²) in [6.45, 7) is 3.63. The molecule has 0 unspecified atom stereocenters. The maximum absolute atomic E-state index is 12.3. The van der Waals surface area contributed by atoms with E-state index in [4.69, 9.17) is 4.74 Å². The number of nitrogens with zero attached hydrogens (tertiary/aromatic N) is 2. The topological polar surface area (TPSA) is 117 Å². The fraction of sp³-hybridized carbons (Fsp3) is 0.286. The summed E-state index contributed by atoms with van der Waals surface area (Å²) < 4.78 is 4.98. The second-order valence-corrected chi connectivity index (χ2v) is 7.57. The molecule has 0 saturated heterocycles. The molecule has 2 aromatic rings. The van der Waals surface area contributed by atoms with E-state index in [1.807, 2.05) is 6.07 Å². The molecule has 0 saturated carbocycles. The molecule has 1 aromatic heterocycles. The van der Waals surface area contributed by atoms with Crippen LogP contribution in [-0.4, -0.2) is 41.7 Å². The number of hydrogen-bond donors (Lipinski definition) is 1. The van der Waals surface area contributed by atoms with Crippen molar-refractivity contribution >= 4 is 40.0 Å². The molecule has 1 aliphatic heterocycles. The van der Waals surface area contributed by atoms with Gasteiger partial charge in [-0.3, -0.25) is 19.3 Å². The number of fused-ring (bicyclic) bond motifs is 1. The molecule has 3 amide bonds. The first-order valence-corrected chi connectivity index (χ1v) is 10.2. The Bertz CT molecular complexity index is 1050. The number of rotatable bonds is 7. The largest absolute Gasteiger partial charge is 0.462 e. The number of ether oxygens (including phenoxy) is 1. The highest BCUT2D eigenvalue weighted by Crippen LogP contribution is 2.33. The number of nitrogens with one attached hydrogen (secondary N) is 1. The first-order valence-electron chi connectivity index (χ1n) is 9.34. The zero-order chi connectivity index (χ0) is 21.8. The summed E-state index contributed by atoms with van der Waals surface area (Å²) in [6.07, 6.45) is 0.318. The van der Waals surface area contributed by atoms with E-state index in [1.54, 1.807) is 38.1 Å². The van der Waals surface area contributed by atoms with Gasteiger partial charge in [-0.15, -0.1) is 11.3 Å². The van der Waals surface area contributed by atoms with Gasteiger partial charge in [0.05, 0.1) is 23.3 Å². The number of anilines is 1. The number of nitriles is 1. The molecule has 3 rings (SSSR count). The van der Waals surface area contributed by atoms with Crippen molar-refractivity contribution in [2.45, 2.75) is 26.7 Å². The van der Waals surface area contributed by atoms with Gasteiger partial charge in [0.25, 0.3) is 11.8 Å². The second kappa shape index (κ2) is 8.88. The Morgan fingerprint density at radius 3 is 2.40 bits per heavy atom. The van der Waals surface area contributed by atoms with Gasteiger partial charge in [-0.05, 0) is 38.0 Å². The molecular formula is C21H19N3O5S. The summed E-state index contributed by atoms with van der Waals surface area (Å²) in [6, 6.07) is 8.60. The van der Waals surface area contributed by atoms with Crippen LogP contribution in [0.15, 0.2) is 24.3 Å². The zero-order valence-corrected chi connectivity index (χ0v) is 17.3. The highest BCUT2D eigenvalue weighted by atomic mass is 32.1. The summed E-state index contributed by atoms with van der Waals surface area (Å²) in [7, 11) is 0. The molecular weight excluding hydrogens is 406 g/mol. The van der Waals surface area contributed by atoms with E-state index in [1.165, 1.54) is 0 Å². The predicted octanol–water partition coefficient (Wildman–Crippen LogP) is 3.12. The summed E-state index contributed by atoms with van der Waals surface area (Å²) in [5.74, 6) is -1.64. The van der Waals surface area contributed by atoms with Crippen LogP contribution in [0.3, 0.4) is 0 Å². The second-order valence-electron chi connectivity index (χ2n) is 6.55. The molecule has 1 N–H and O–H groups in total. The van der Waals surface area contributed by atoms with Crippen LogP contribution in [0, 0.1) is 18.3 Å². The maximum Gasteiger partial charge on any atom is 0.348 e. The van der Waals surface area contributed by atoms with Crippen molar-refractivity contribution in [1.29, 1.82) is 5.26 Å². The smallest absolute Gasteiger partial charge is 0.348 e. The number of imide groups is 1. The third-order valence-electron chi connectivity index (χ3n) is 4.64. The van der Waals surface area contributed by atoms with Crippen LogP contribution < -0.4 is 5.32 Å². The van der Waals surface area contributed by atoms with Gasteiger partial charge in [0.2, 0.25) is 5.91 Å². The number of esters is 1. The van der Waals surface area contributed by atoms with Crippen molar-refractivity contribution < 1.29 is 23.9 Å². The van der Waals surface area contributed by atoms with Gasteiger partial charge < -0.3 is 10.1 Å². The first kappa shape index (κ1) is 21.2. The molecule has 0 aliphatic carbocycles. The lowest BCUT2D eigenvalue weighted by molar-refractivity contribution is -0.116. The third kappa shape index (κ3) is 3.95. The van der Waals surface area contributed by atoms with Crippen LogP contribution in [-0.2, 0) is 9.53 Å². The number of carbonyl (C=O) groups is 4. The SMILES string of the molecule is CCOC(=O)c1sc(NC(=O)CCCN2C(=O)c3ccccc3C2=O)c(C#N)c1C. The van der Waals surface area contributed by atoms with Gasteiger partial charge >= 0.3 is 5.97 Å². The molecule has 1 aromatic carbocycles. The fourth-order valence-corrected chi connectivity index (χ4v) is 4.22. The zero-order valence-electron chi connectivity index (χ0n) is 16.5. The molecule has 0 radical (unpaired) electrons. The molecule has 2 heterocycles. The van der Waals surface area contributed by atoms with Crippen molar-refractivity contribution in [1.82, 2.24) is 4.90 Å². The Balaban J connectivity index is 1.60. The number of carbonyl (C=O) groups excluding carboxylic acids is 4. The average Bonchev–Trinajstić information content (AvgIpc) is 3.17. The summed E-state index contributed by atoms with van der Waals surface area (Å²) in [4.78, 5) is 50.4. The molecule has 30 heavy (non-hydrogen) atoms. The van der Waals surface area contributed by atoms with Crippen LogP contribution >= 0.6 is 11.3 Å². The first-order chi connectivity index (χ1) is 14.4. The standard InChI is InChI=1S/C21H19N3O5S/c1-3-29-21(28)17-12(2)15(11-22)18(30-17)23-16(25)9-6-10-24-19(26)13-7-4-5-8-14(13)20(24)27/h4-5,7-8H,3,6,9-10H2,1-2H3,(H,23,25). The Labute approximate surface area is 177 Å². The minimum absolute atomic E-state index is 0.0456. The van der Waals surface area contributed by atoms with Crippen molar-refractivity contribution in [3.05, 3.63) is 51.4 Å². The van der Waals surface area contributed by atoms with Gasteiger partial charge in [0.1, 0.15) is 15.9 Å². The van der Waals surface area contributed by atoms with Gasteiger partial charge in [0.15, 0.2) is 0 Å². The Kier molecular flexibility index (Phi) is 6.28. The van der Waals surface area contributed by atoms with Crippen molar-refractivity contribution in [2.75, 3.05) is 18.5 Å². The van der Waals surface area contributed by atoms with E-state index in [0.29, 0.717) is 16.7 Å². The van der Waals surface area contributed by atoms with E-state index in [2.05, 4.69) is 5.32 Å². The third-order valence-corrected chi connectivity index (χ3v) is 5.82. The highest BCUT2D eigenvalue weighted by Gasteiger charge is 2.34. The van der Waals surface area contributed by atoms with Crippen molar-refractivity contribution in [3.63, 3.8) is 0 Å². The maximum atomic E-state index is 12.3. The molecule has 0 bridgehead atoms. The number of thiophene rings is 1. The van der Waals surface area contributed by atoms with Gasteiger partial charge in [-0.2, -0.15) is 5.26 Å². The van der Waals surface area contributed by atoms with E-state index in [9.17, 15) is 24.4 Å². The monoisotopic (exact) mass is 425 g/mol. The molecule has 1 aliphatic rings. The molecule has 8 nitrogen and oxygen atoms in total. The Morgan fingerprint density at radius 1 is 1.20 bits per heavy atom. The van der Waals surface area contributed by atoms with E-state index < -0.39 is 5.97 Å². The molecule has 0 atom stereocenters. The summed E-state index contributed by atoms with van der Waals surface area (Å²) >= 11 is 0.991. The summed E-state index contributed by atoms with van der Waals surface area (Å²) in [5.41, 5.74) is 1.41. The van der Waals surface area contributed by atoms with Crippen LogP contribution in [0.4, 0.5) is 5.00 Å². The number of hydrogen-bond acceptors (Lipinski definition) is 7. The quantitative estimate of drug-likeness (QED) is 0.538. The number of benzene rings is 1. The lowest BCUT2D eigenvalue weighted by Crippen LogP contribution is -2.31. The molecule has 9 heteroatoms. The highest BCUT2D eigenvalue weighted by molar-refractivity contribution is 7.18. The minimum Gasteiger partial charge on any atom is -0.462 e. The van der Waals surface area contributed by atoms with E-state index in [0.717, 1.165) is 16.2 Å². The normalized spacial score (nSPS) is 12.5.